The van der Waals surface area contributed by atoms with Crippen LogP contribution in [0.25, 0.3) is 0 Å². The molecule has 106 valence electrons. The standard InChI is InChI=1S/C16H13FN2O2/c17-14-6-5-10(7-13(14)16(20)21)8-15-12-4-2-1-3-11(12)9-18-19-15/h1-7,18H,8-9H2,(H,20,21). The highest BCUT2D eigenvalue weighted by Gasteiger charge is 2.16. The zero-order valence-electron chi connectivity index (χ0n) is 11.1. The molecule has 0 bridgehead atoms. The third kappa shape index (κ3) is 2.63. The SMILES string of the molecule is O=C(O)c1cc(CC2=NNCc3ccccc32)ccc1F. The summed E-state index contributed by atoms with van der Waals surface area (Å²) < 4.78 is 13.4. The highest BCUT2D eigenvalue weighted by molar-refractivity contribution is 6.03. The summed E-state index contributed by atoms with van der Waals surface area (Å²) >= 11 is 0. The number of hydrogen-bond donors (Lipinski definition) is 2. The van der Waals surface area contributed by atoms with E-state index in [-0.39, 0.29) is 5.56 Å². The average Bonchev–Trinajstić information content (AvgIpc) is 2.49. The summed E-state index contributed by atoms with van der Waals surface area (Å²) in [4.78, 5) is 11.0. The van der Waals surface area contributed by atoms with Crippen LogP contribution in [-0.4, -0.2) is 16.8 Å². The number of fused-ring (bicyclic) bond motifs is 1. The highest BCUT2D eigenvalue weighted by Crippen LogP contribution is 2.18. The fraction of sp³-hybridized carbons (Fsp3) is 0.125. The van der Waals surface area contributed by atoms with Crippen LogP contribution >= 0.6 is 0 Å². The molecule has 5 heteroatoms. The van der Waals surface area contributed by atoms with Gasteiger partial charge in [-0.05, 0) is 23.3 Å². The first-order valence-corrected chi connectivity index (χ1v) is 6.54. The first-order chi connectivity index (χ1) is 10.1. The van der Waals surface area contributed by atoms with Crippen molar-refractivity contribution < 1.29 is 14.3 Å². The average molecular weight is 284 g/mol. The number of rotatable bonds is 3. The molecular formula is C16H13FN2O2. The van der Waals surface area contributed by atoms with Crippen molar-refractivity contribution in [3.63, 3.8) is 0 Å². The van der Waals surface area contributed by atoms with Crippen molar-refractivity contribution in [3.8, 4) is 0 Å². The van der Waals surface area contributed by atoms with Gasteiger partial charge in [0.05, 0.1) is 17.8 Å². The lowest BCUT2D eigenvalue weighted by Crippen LogP contribution is -2.21. The Kier molecular flexibility index (Phi) is 3.39. The Labute approximate surface area is 120 Å². The smallest absolute Gasteiger partial charge is 0.338 e. The van der Waals surface area contributed by atoms with Crippen molar-refractivity contribution in [2.24, 2.45) is 5.10 Å². The van der Waals surface area contributed by atoms with E-state index in [1.54, 1.807) is 6.07 Å². The number of halogens is 1. The molecule has 0 aromatic heterocycles. The summed E-state index contributed by atoms with van der Waals surface area (Å²) in [7, 11) is 0. The van der Waals surface area contributed by atoms with Crippen LogP contribution in [0.2, 0.25) is 0 Å². The zero-order chi connectivity index (χ0) is 14.8. The minimum atomic E-state index is -1.27. The lowest BCUT2D eigenvalue weighted by Gasteiger charge is -2.17. The molecule has 1 aliphatic rings. The fourth-order valence-electron chi connectivity index (χ4n) is 2.41. The minimum absolute atomic E-state index is 0.315. The summed E-state index contributed by atoms with van der Waals surface area (Å²) in [5, 5.41) is 13.3. The van der Waals surface area contributed by atoms with E-state index in [4.69, 9.17) is 5.11 Å². The van der Waals surface area contributed by atoms with Crippen LogP contribution in [0, 0.1) is 5.82 Å². The van der Waals surface area contributed by atoms with E-state index in [0.717, 1.165) is 16.8 Å². The molecule has 0 spiro atoms. The van der Waals surface area contributed by atoms with Crippen molar-refractivity contribution in [1.29, 1.82) is 0 Å². The molecule has 0 unspecified atom stereocenters. The predicted octanol–water partition coefficient (Wildman–Crippen LogP) is 2.57. The van der Waals surface area contributed by atoms with Gasteiger partial charge in [-0.3, -0.25) is 0 Å². The second-order valence-corrected chi connectivity index (χ2v) is 4.85. The minimum Gasteiger partial charge on any atom is -0.478 e. The number of carboxylic acids is 1. The van der Waals surface area contributed by atoms with Crippen LogP contribution < -0.4 is 5.43 Å². The molecule has 0 fully saturated rings. The Morgan fingerprint density at radius 2 is 2.10 bits per heavy atom. The van der Waals surface area contributed by atoms with Gasteiger partial charge in [-0.2, -0.15) is 5.10 Å². The maximum Gasteiger partial charge on any atom is 0.338 e. The van der Waals surface area contributed by atoms with Gasteiger partial charge in [0.25, 0.3) is 0 Å². The Balaban J connectivity index is 1.93. The maximum absolute atomic E-state index is 13.4. The molecule has 1 aliphatic heterocycles. The molecule has 21 heavy (non-hydrogen) atoms. The van der Waals surface area contributed by atoms with Gasteiger partial charge < -0.3 is 10.5 Å². The topological polar surface area (TPSA) is 61.7 Å². The third-order valence-electron chi connectivity index (χ3n) is 3.44. The van der Waals surface area contributed by atoms with E-state index in [0.29, 0.717) is 18.5 Å². The summed E-state index contributed by atoms with van der Waals surface area (Å²) in [6.45, 7) is 0.670. The molecule has 2 aromatic rings. The molecule has 3 rings (SSSR count). The van der Waals surface area contributed by atoms with E-state index < -0.39 is 11.8 Å². The van der Waals surface area contributed by atoms with E-state index in [9.17, 15) is 9.18 Å². The van der Waals surface area contributed by atoms with Crippen molar-refractivity contribution in [1.82, 2.24) is 5.43 Å². The highest BCUT2D eigenvalue weighted by atomic mass is 19.1. The summed E-state index contributed by atoms with van der Waals surface area (Å²) in [6.07, 6.45) is 0.449. The van der Waals surface area contributed by atoms with Gasteiger partial charge in [-0.1, -0.05) is 30.3 Å². The Morgan fingerprint density at radius 3 is 2.90 bits per heavy atom. The second kappa shape index (κ2) is 5.36. The Morgan fingerprint density at radius 1 is 1.29 bits per heavy atom. The molecule has 2 N–H and O–H groups in total. The number of aromatic carboxylic acids is 1. The van der Waals surface area contributed by atoms with Crippen LogP contribution in [-0.2, 0) is 13.0 Å². The molecule has 4 nitrogen and oxygen atoms in total. The molecular weight excluding hydrogens is 271 g/mol. The Bertz CT molecular complexity index is 741. The lowest BCUT2D eigenvalue weighted by atomic mass is 9.96. The van der Waals surface area contributed by atoms with Gasteiger partial charge in [0.2, 0.25) is 0 Å². The van der Waals surface area contributed by atoms with E-state index in [2.05, 4.69) is 10.5 Å². The van der Waals surface area contributed by atoms with Crippen molar-refractivity contribution in [3.05, 3.63) is 70.5 Å². The molecule has 0 amide bonds. The number of carboxylic acid groups (broad SMARTS) is 1. The fourth-order valence-corrected chi connectivity index (χ4v) is 2.41. The summed E-state index contributed by atoms with van der Waals surface area (Å²) in [5.74, 6) is -1.99. The number of hydrazone groups is 1. The number of nitrogens with one attached hydrogen (secondary N) is 1. The van der Waals surface area contributed by atoms with Crippen LogP contribution in [0.15, 0.2) is 47.6 Å². The second-order valence-electron chi connectivity index (χ2n) is 4.85. The first kappa shape index (κ1) is 13.3. The number of carbonyl (C=O) groups is 1. The normalized spacial score (nSPS) is 13.1. The van der Waals surface area contributed by atoms with Crippen LogP contribution in [0.3, 0.4) is 0 Å². The van der Waals surface area contributed by atoms with Gasteiger partial charge in [0.1, 0.15) is 5.82 Å². The van der Waals surface area contributed by atoms with Gasteiger partial charge in [-0.25, -0.2) is 9.18 Å². The van der Waals surface area contributed by atoms with Crippen LogP contribution in [0.1, 0.15) is 27.0 Å². The van der Waals surface area contributed by atoms with Crippen LogP contribution in [0.4, 0.5) is 4.39 Å². The maximum atomic E-state index is 13.4. The quantitative estimate of drug-likeness (QED) is 0.910. The third-order valence-corrected chi connectivity index (χ3v) is 3.44. The largest absolute Gasteiger partial charge is 0.478 e. The predicted molar refractivity (Wildman–Crippen MR) is 76.9 cm³/mol. The molecule has 1 heterocycles. The lowest BCUT2D eigenvalue weighted by molar-refractivity contribution is 0.0692. The molecule has 0 aliphatic carbocycles. The monoisotopic (exact) mass is 284 g/mol. The zero-order valence-corrected chi connectivity index (χ0v) is 11.1. The van der Waals surface area contributed by atoms with Gasteiger partial charge in [0.15, 0.2) is 0 Å². The molecule has 0 saturated heterocycles. The number of hydrogen-bond acceptors (Lipinski definition) is 3. The van der Waals surface area contributed by atoms with Crippen molar-refractivity contribution in [2.75, 3.05) is 0 Å². The number of nitrogens with zero attached hydrogens (tertiary/aromatic N) is 1. The molecule has 2 aromatic carbocycles. The van der Waals surface area contributed by atoms with Gasteiger partial charge in [-0.15, -0.1) is 0 Å². The van der Waals surface area contributed by atoms with Gasteiger partial charge >= 0.3 is 5.97 Å². The van der Waals surface area contributed by atoms with Crippen molar-refractivity contribution >= 4 is 11.7 Å². The van der Waals surface area contributed by atoms with Crippen LogP contribution in [0.5, 0.6) is 0 Å². The van der Waals surface area contributed by atoms with E-state index >= 15 is 0 Å². The van der Waals surface area contributed by atoms with Crippen molar-refractivity contribution in [2.45, 2.75) is 13.0 Å². The first-order valence-electron chi connectivity index (χ1n) is 6.54. The Hall–Kier alpha value is -2.69. The van der Waals surface area contributed by atoms with E-state index in [1.165, 1.54) is 12.1 Å². The molecule has 0 saturated carbocycles. The number of benzene rings is 2. The molecule has 0 radical (unpaired) electrons. The summed E-state index contributed by atoms with van der Waals surface area (Å²) in [5.41, 5.74) is 6.36. The van der Waals surface area contributed by atoms with E-state index in [1.807, 2.05) is 24.3 Å². The van der Waals surface area contributed by atoms with Gasteiger partial charge in [0, 0.05) is 12.0 Å². The summed E-state index contributed by atoms with van der Waals surface area (Å²) in [6, 6.07) is 12.0. The molecule has 0 atom stereocenters.